The molecule has 3 rings (SSSR count). The Labute approximate surface area is 142 Å². The predicted molar refractivity (Wildman–Crippen MR) is 87.6 cm³/mol. The number of aromatic carboxylic acids is 1. The third kappa shape index (κ3) is 2.76. The molecule has 0 unspecified atom stereocenters. The molecule has 0 aliphatic heterocycles. The third-order valence-corrected chi connectivity index (χ3v) is 5.57. The third-order valence-electron chi connectivity index (χ3n) is 3.77. The Hall–Kier alpha value is -3.13. The first-order valence-corrected chi connectivity index (χ1v) is 8.62. The Morgan fingerprint density at radius 2 is 1.76 bits per heavy atom. The number of carbonyl (C=O) groups is 1. The number of aromatic nitrogens is 1. The van der Waals surface area contributed by atoms with E-state index in [1.807, 2.05) is 0 Å². The normalized spacial score (nSPS) is 11.6. The molecular weight excluding hydrogens is 346 g/mol. The molecule has 1 aromatic heterocycles. The van der Waals surface area contributed by atoms with Crippen LogP contribution in [0.4, 0.5) is 0 Å². The van der Waals surface area contributed by atoms with E-state index in [0.29, 0.717) is 0 Å². The summed E-state index contributed by atoms with van der Waals surface area (Å²) in [5, 5.41) is 21.5. The van der Waals surface area contributed by atoms with Crippen LogP contribution in [0.25, 0.3) is 10.9 Å². The van der Waals surface area contributed by atoms with E-state index in [4.69, 9.17) is 5.11 Å². The zero-order chi connectivity index (χ0) is 18.4. The fraction of sp³-hybridized carbons (Fsp3) is 0.0588. The van der Waals surface area contributed by atoms with Gasteiger partial charge in [-0.1, -0.05) is 29.5 Å². The van der Waals surface area contributed by atoms with Crippen molar-refractivity contribution in [3.05, 3.63) is 63.9 Å². The number of hydrogen-bond donors (Lipinski definition) is 2. The number of rotatable bonds is 3. The van der Waals surface area contributed by atoms with E-state index in [9.17, 15) is 23.1 Å². The number of carboxylic acids is 1. The van der Waals surface area contributed by atoms with Gasteiger partial charge in [0.15, 0.2) is 0 Å². The molecule has 0 fully saturated rings. The maximum Gasteiger partial charge on any atom is 0.335 e. The van der Waals surface area contributed by atoms with Gasteiger partial charge in [0.1, 0.15) is 4.90 Å². The Balaban J connectivity index is 2.30. The number of fused-ring (bicyclic) bond motifs is 1. The van der Waals surface area contributed by atoms with Crippen molar-refractivity contribution in [2.45, 2.75) is 16.7 Å². The maximum absolute atomic E-state index is 12.7. The first-order chi connectivity index (χ1) is 11.7. The average molecular weight is 358 g/mol. The molecule has 0 saturated heterocycles. The maximum atomic E-state index is 12.7. The zero-order valence-electron chi connectivity index (χ0n) is 12.9. The summed E-state index contributed by atoms with van der Waals surface area (Å²) < 4.78 is 25.4. The molecule has 7 nitrogen and oxygen atoms in total. The summed E-state index contributed by atoms with van der Waals surface area (Å²) in [5.41, 5.74) is -0.412. The van der Waals surface area contributed by atoms with Crippen LogP contribution in [-0.2, 0) is 9.84 Å². The van der Waals surface area contributed by atoms with Gasteiger partial charge in [0.25, 0.3) is 5.56 Å². The number of benzene rings is 2. The number of pyridine rings is 1. The van der Waals surface area contributed by atoms with Crippen LogP contribution in [0, 0.1) is 6.92 Å². The molecule has 0 amide bonds. The van der Waals surface area contributed by atoms with Crippen molar-refractivity contribution in [3.8, 4) is 5.75 Å². The highest BCUT2D eigenvalue weighted by Crippen LogP contribution is 2.29. The quantitative estimate of drug-likeness (QED) is 0.729. The Morgan fingerprint density at radius 1 is 1.12 bits per heavy atom. The van der Waals surface area contributed by atoms with E-state index < -0.39 is 32.0 Å². The molecule has 0 saturated carbocycles. The van der Waals surface area contributed by atoms with E-state index >= 15 is 0 Å². The number of sulfone groups is 1. The van der Waals surface area contributed by atoms with Crippen LogP contribution in [0.3, 0.4) is 0 Å². The molecule has 1 heterocycles. The molecule has 3 aromatic rings. The number of H-pyrrole nitrogens is 1. The summed E-state index contributed by atoms with van der Waals surface area (Å²) in [5.74, 6) is -2.19. The molecule has 25 heavy (non-hydrogen) atoms. The Morgan fingerprint density at radius 3 is 2.36 bits per heavy atom. The lowest BCUT2D eigenvalue weighted by atomic mass is 10.1. The summed E-state index contributed by atoms with van der Waals surface area (Å²) in [4.78, 5) is 24.5. The molecule has 0 spiro atoms. The lowest BCUT2D eigenvalue weighted by molar-refractivity contribution is -0.270. The topological polar surface area (TPSA) is 127 Å². The number of hydrogen-bond acceptors (Lipinski definition) is 5. The van der Waals surface area contributed by atoms with Gasteiger partial charge in [-0.3, -0.25) is 4.79 Å². The number of nitrogens with one attached hydrogen (secondary N) is 1. The van der Waals surface area contributed by atoms with Gasteiger partial charge in [-0.25, -0.2) is 13.2 Å². The molecule has 0 bridgehead atoms. The van der Waals surface area contributed by atoms with Crippen molar-refractivity contribution < 1.29 is 23.4 Å². The van der Waals surface area contributed by atoms with E-state index in [1.54, 1.807) is 19.1 Å². The first-order valence-electron chi connectivity index (χ1n) is 7.14. The van der Waals surface area contributed by atoms with E-state index in [0.717, 1.165) is 11.6 Å². The van der Waals surface area contributed by atoms with Gasteiger partial charge in [0.05, 0.1) is 10.5 Å². The van der Waals surface area contributed by atoms with Crippen LogP contribution in [0.15, 0.2) is 57.1 Å². The van der Waals surface area contributed by atoms with Gasteiger partial charge in [0.2, 0.25) is 9.84 Å². The second kappa shape index (κ2) is 5.75. The van der Waals surface area contributed by atoms with Crippen LogP contribution in [0.5, 0.6) is 5.75 Å². The van der Waals surface area contributed by atoms with Crippen LogP contribution < -0.4 is 10.7 Å². The summed E-state index contributed by atoms with van der Waals surface area (Å²) in [6.07, 6.45) is 0. The summed E-state index contributed by atoms with van der Waals surface area (Å²) in [6, 6.07) is 9.24. The fourth-order valence-corrected chi connectivity index (χ4v) is 3.84. The van der Waals surface area contributed by atoms with E-state index in [-0.39, 0.29) is 21.4 Å². The average Bonchev–Trinajstić information content (AvgIpc) is 2.54. The number of aryl methyl sites for hydroxylation is 1. The van der Waals surface area contributed by atoms with Crippen molar-refractivity contribution >= 4 is 26.7 Å². The van der Waals surface area contributed by atoms with Gasteiger partial charge in [0, 0.05) is 5.52 Å². The second-order valence-corrected chi connectivity index (χ2v) is 7.38. The highest BCUT2D eigenvalue weighted by atomic mass is 32.2. The molecule has 2 aromatic carbocycles. The minimum absolute atomic E-state index is 0.0299. The fourth-order valence-electron chi connectivity index (χ4n) is 2.46. The van der Waals surface area contributed by atoms with Gasteiger partial charge >= 0.3 is 5.97 Å². The van der Waals surface area contributed by atoms with Crippen LogP contribution >= 0.6 is 0 Å². The van der Waals surface area contributed by atoms with Crippen molar-refractivity contribution in [2.75, 3.05) is 0 Å². The smallest absolute Gasteiger partial charge is 0.335 e. The molecular formula is C17H12NO6S-. The number of aromatic amines is 1. The van der Waals surface area contributed by atoms with E-state index in [2.05, 4.69) is 4.98 Å². The Bertz CT molecular complexity index is 1160. The summed E-state index contributed by atoms with van der Waals surface area (Å²) >= 11 is 0. The second-order valence-electron chi connectivity index (χ2n) is 5.49. The molecule has 0 aliphatic carbocycles. The molecule has 0 aliphatic rings. The van der Waals surface area contributed by atoms with Gasteiger partial charge in [-0.15, -0.1) is 0 Å². The summed E-state index contributed by atoms with van der Waals surface area (Å²) in [7, 11) is -4.31. The molecule has 8 heteroatoms. The zero-order valence-corrected chi connectivity index (χ0v) is 13.8. The predicted octanol–water partition coefficient (Wildman–Crippen LogP) is 1.44. The molecule has 128 valence electrons. The lowest BCUT2D eigenvalue weighted by Gasteiger charge is -2.16. The minimum Gasteiger partial charge on any atom is -0.871 e. The largest absolute Gasteiger partial charge is 0.871 e. The van der Waals surface area contributed by atoms with Crippen molar-refractivity contribution in [1.29, 1.82) is 0 Å². The van der Waals surface area contributed by atoms with Gasteiger partial charge in [-0.05, 0) is 36.6 Å². The Kier molecular flexibility index (Phi) is 3.84. The summed E-state index contributed by atoms with van der Waals surface area (Å²) in [6.45, 7) is 1.78. The standard InChI is InChI=1S/C17H13NO6S/c1-9-2-5-11(6-3-9)25(23,24)15-14(19)12-7-4-10(17(21)22)8-13(12)18-16(15)20/h2-8H,1H3,(H,21,22)(H2,18,19,20)/p-1. The van der Waals surface area contributed by atoms with Gasteiger partial charge in [-0.2, -0.15) is 0 Å². The monoisotopic (exact) mass is 358 g/mol. The van der Waals surface area contributed by atoms with Crippen molar-refractivity contribution in [3.63, 3.8) is 0 Å². The highest BCUT2D eigenvalue weighted by molar-refractivity contribution is 7.91. The van der Waals surface area contributed by atoms with Crippen molar-refractivity contribution in [1.82, 2.24) is 4.98 Å². The molecule has 0 radical (unpaired) electrons. The van der Waals surface area contributed by atoms with Crippen molar-refractivity contribution in [2.24, 2.45) is 0 Å². The number of carboxylic acid groups (broad SMARTS) is 1. The molecule has 2 N–H and O–H groups in total. The van der Waals surface area contributed by atoms with Gasteiger partial charge < -0.3 is 15.2 Å². The lowest BCUT2D eigenvalue weighted by Crippen LogP contribution is -2.21. The highest BCUT2D eigenvalue weighted by Gasteiger charge is 2.23. The first kappa shape index (κ1) is 16.7. The van der Waals surface area contributed by atoms with E-state index in [1.165, 1.54) is 24.3 Å². The molecule has 0 atom stereocenters. The van der Waals surface area contributed by atoms with Crippen LogP contribution in [0.1, 0.15) is 15.9 Å². The van der Waals surface area contributed by atoms with Crippen LogP contribution in [0.2, 0.25) is 0 Å². The SMILES string of the molecule is Cc1ccc(S(=O)(=O)c2c([O-])c3ccc(C(=O)O)cc3[nH]c2=O)cc1. The minimum atomic E-state index is -4.31. The van der Waals surface area contributed by atoms with Crippen LogP contribution in [-0.4, -0.2) is 24.5 Å².